The Morgan fingerprint density at radius 1 is 1.35 bits per heavy atom. The van der Waals surface area contributed by atoms with E-state index < -0.39 is 0 Å². The van der Waals surface area contributed by atoms with E-state index in [1.807, 2.05) is 29.5 Å². The zero-order valence-corrected chi connectivity index (χ0v) is 15.1. The molecule has 1 amide bonds. The maximum Gasteiger partial charge on any atom is 0.216 e. The van der Waals surface area contributed by atoms with Crippen LogP contribution in [0.3, 0.4) is 0 Å². The maximum absolute atomic E-state index is 11.4. The molecule has 3 rings (SSSR count). The third kappa shape index (κ3) is 3.89. The monoisotopic (exact) mass is 368 g/mol. The van der Waals surface area contributed by atoms with Crippen LogP contribution < -0.4 is 5.32 Å². The summed E-state index contributed by atoms with van der Waals surface area (Å²) >= 11 is 14.0. The Kier molecular flexibility index (Phi) is 5.27. The van der Waals surface area contributed by atoms with Gasteiger partial charge in [0.15, 0.2) is 0 Å². The quantitative estimate of drug-likeness (QED) is 0.872. The topological polar surface area (TPSA) is 32.3 Å². The number of thiophene rings is 1. The van der Waals surface area contributed by atoms with Crippen LogP contribution in [0.1, 0.15) is 29.0 Å². The van der Waals surface area contributed by atoms with E-state index in [1.54, 1.807) is 6.92 Å². The summed E-state index contributed by atoms with van der Waals surface area (Å²) in [6.07, 6.45) is 1.05. The predicted octanol–water partition coefficient (Wildman–Crippen LogP) is 4.29. The Labute approximate surface area is 150 Å². The highest BCUT2D eigenvalue weighted by molar-refractivity contribution is 7.10. The molecule has 3 nitrogen and oxygen atoms in total. The lowest BCUT2D eigenvalue weighted by Gasteiger charge is -2.35. The molecule has 2 aromatic rings. The Hall–Kier alpha value is -1.07. The van der Waals surface area contributed by atoms with Crippen molar-refractivity contribution in [1.29, 1.82) is 0 Å². The maximum atomic E-state index is 11.4. The van der Waals surface area contributed by atoms with E-state index in [0.717, 1.165) is 25.1 Å². The van der Waals surface area contributed by atoms with Crippen LogP contribution in [-0.2, 0) is 17.8 Å². The lowest BCUT2D eigenvalue weighted by atomic mass is 10.0. The second kappa shape index (κ2) is 7.22. The number of hydrogen-bond donors (Lipinski definition) is 1. The molecule has 1 aromatic carbocycles. The third-order valence-electron chi connectivity index (χ3n) is 4.15. The zero-order chi connectivity index (χ0) is 16.4. The van der Waals surface area contributed by atoms with Gasteiger partial charge >= 0.3 is 0 Å². The van der Waals surface area contributed by atoms with Crippen LogP contribution in [0, 0.1) is 0 Å². The number of fused-ring (bicyclic) bond motifs is 1. The Morgan fingerprint density at radius 3 is 2.91 bits per heavy atom. The first-order valence-electron chi connectivity index (χ1n) is 7.53. The molecule has 0 saturated heterocycles. The molecule has 6 heteroatoms. The molecular formula is C17H18Cl2N2OS. The summed E-state index contributed by atoms with van der Waals surface area (Å²) in [4.78, 5) is 15.2. The summed E-state index contributed by atoms with van der Waals surface area (Å²) in [6.45, 7) is 3.97. The number of rotatable bonds is 4. The van der Waals surface area contributed by atoms with Gasteiger partial charge in [0.2, 0.25) is 5.91 Å². The first kappa shape index (κ1) is 16.8. The number of hydrogen-bond acceptors (Lipinski definition) is 3. The molecule has 0 aliphatic carbocycles. The fourth-order valence-corrected chi connectivity index (χ4v) is 4.15. The average Bonchev–Trinajstić information content (AvgIpc) is 2.98. The molecule has 1 atom stereocenters. The Morgan fingerprint density at radius 2 is 2.17 bits per heavy atom. The second-order valence-corrected chi connectivity index (χ2v) is 7.53. The summed E-state index contributed by atoms with van der Waals surface area (Å²) in [5.74, 6) is -0.0247. The van der Waals surface area contributed by atoms with Crippen molar-refractivity contribution in [3.8, 4) is 0 Å². The standard InChI is InChI=1S/C17H18Cl2N2OS/c1-11(22)20-9-16(12-2-3-14(18)15(19)8-12)21-6-4-17-13(10-21)5-7-23-17/h2-3,5,7-8,16H,4,6,9-10H2,1H3,(H,20,22)/t16-/m1/s1. The van der Waals surface area contributed by atoms with Crippen molar-refractivity contribution >= 4 is 40.4 Å². The molecule has 0 unspecified atom stereocenters. The SMILES string of the molecule is CC(=O)NC[C@H](c1ccc(Cl)c(Cl)c1)N1CCc2sccc2C1. The highest BCUT2D eigenvalue weighted by atomic mass is 35.5. The van der Waals surface area contributed by atoms with Gasteiger partial charge in [-0.25, -0.2) is 0 Å². The van der Waals surface area contributed by atoms with Gasteiger partial charge in [-0.05, 0) is 41.1 Å². The molecule has 1 N–H and O–H groups in total. The minimum atomic E-state index is -0.0247. The van der Waals surface area contributed by atoms with E-state index >= 15 is 0 Å². The van der Waals surface area contributed by atoms with Crippen LogP contribution in [0.2, 0.25) is 10.0 Å². The van der Waals surface area contributed by atoms with Crippen LogP contribution in [0.4, 0.5) is 0 Å². The molecule has 23 heavy (non-hydrogen) atoms. The van der Waals surface area contributed by atoms with Gasteiger partial charge in [0.25, 0.3) is 0 Å². The van der Waals surface area contributed by atoms with Crippen LogP contribution in [0.15, 0.2) is 29.6 Å². The lowest BCUT2D eigenvalue weighted by molar-refractivity contribution is -0.119. The summed E-state index contributed by atoms with van der Waals surface area (Å²) in [7, 11) is 0. The van der Waals surface area contributed by atoms with Crippen LogP contribution in [0.25, 0.3) is 0 Å². The molecule has 1 aliphatic heterocycles. The van der Waals surface area contributed by atoms with E-state index in [-0.39, 0.29) is 11.9 Å². The highest BCUT2D eigenvalue weighted by Gasteiger charge is 2.26. The molecule has 2 heterocycles. The number of nitrogens with zero attached hydrogens (tertiary/aromatic N) is 1. The van der Waals surface area contributed by atoms with Crippen molar-refractivity contribution in [3.05, 3.63) is 55.7 Å². The van der Waals surface area contributed by atoms with Gasteiger partial charge in [-0.1, -0.05) is 29.3 Å². The number of carbonyl (C=O) groups is 1. The number of halogens is 2. The molecule has 122 valence electrons. The number of carbonyl (C=O) groups excluding carboxylic acids is 1. The van der Waals surface area contributed by atoms with Gasteiger partial charge in [-0.2, -0.15) is 0 Å². The molecular weight excluding hydrogens is 351 g/mol. The molecule has 0 bridgehead atoms. The van der Waals surface area contributed by atoms with Crippen molar-refractivity contribution in [2.45, 2.75) is 25.9 Å². The van der Waals surface area contributed by atoms with Gasteiger partial charge in [0, 0.05) is 31.4 Å². The fraction of sp³-hybridized carbons (Fsp3) is 0.353. The van der Waals surface area contributed by atoms with Crippen molar-refractivity contribution in [2.75, 3.05) is 13.1 Å². The van der Waals surface area contributed by atoms with Crippen LogP contribution in [-0.4, -0.2) is 23.9 Å². The minimum absolute atomic E-state index is 0.0247. The van der Waals surface area contributed by atoms with E-state index in [0.29, 0.717) is 16.6 Å². The van der Waals surface area contributed by atoms with E-state index in [1.165, 1.54) is 10.4 Å². The molecule has 0 fully saturated rings. The third-order valence-corrected chi connectivity index (χ3v) is 5.91. The van der Waals surface area contributed by atoms with Crippen molar-refractivity contribution < 1.29 is 4.79 Å². The molecule has 0 saturated carbocycles. The Balaban J connectivity index is 1.86. The molecule has 0 radical (unpaired) electrons. The van der Waals surface area contributed by atoms with E-state index in [9.17, 15) is 4.79 Å². The lowest BCUT2D eigenvalue weighted by Crippen LogP contribution is -2.39. The summed E-state index contributed by atoms with van der Waals surface area (Å²) in [5, 5.41) is 6.18. The van der Waals surface area contributed by atoms with Crippen LogP contribution >= 0.6 is 34.5 Å². The second-order valence-electron chi connectivity index (χ2n) is 5.72. The van der Waals surface area contributed by atoms with E-state index in [2.05, 4.69) is 21.7 Å². The number of benzene rings is 1. The number of nitrogens with one attached hydrogen (secondary N) is 1. The van der Waals surface area contributed by atoms with Crippen molar-refractivity contribution in [3.63, 3.8) is 0 Å². The highest BCUT2D eigenvalue weighted by Crippen LogP contribution is 2.32. The summed E-state index contributed by atoms with van der Waals surface area (Å²) < 4.78 is 0. The zero-order valence-electron chi connectivity index (χ0n) is 12.8. The minimum Gasteiger partial charge on any atom is -0.354 e. The van der Waals surface area contributed by atoms with Gasteiger partial charge in [-0.3, -0.25) is 9.69 Å². The van der Waals surface area contributed by atoms with Gasteiger partial charge in [-0.15, -0.1) is 11.3 Å². The predicted molar refractivity (Wildman–Crippen MR) is 96.3 cm³/mol. The van der Waals surface area contributed by atoms with Gasteiger partial charge in [0.1, 0.15) is 0 Å². The number of amides is 1. The smallest absolute Gasteiger partial charge is 0.216 e. The van der Waals surface area contributed by atoms with Crippen molar-refractivity contribution in [2.24, 2.45) is 0 Å². The van der Waals surface area contributed by atoms with Gasteiger partial charge < -0.3 is 5.32 Å². The largest absolute Gasteiger partial charge is 0.354 e. The van der Waals surface area contributed by atoms with Crippen LogP contribution in [0.5, 0.6) is 0 Å². The molecule has 0 spiro atoms. The fourth-order valence-electron chi connectivity index (χ4n) is 2.95. The first-order valence-corrected chi connectivity index (χ1v) is 9.17. The molecule has 1 aliphatic rings. The Bertz CT molecular complexity index is 716. The van der Waals surface area contributed by atoms with Crippen molar-refractivity contribution in [1.82, 2.24) is 10.2 Å². The van der Waals surface area contributed by atoms with Gasteiger partial charge in [0.05, 0.1) is 16.1 Å². The average molecular weight is 369 g/mol. The molecule has 1 aromatic heterocycles. The normalized spacial score (nSPS) is 16.0. The van der Waals surface area contributed by atoms with E-state index in [4.69, 9.17) is 23.2 Å². The summed E-state index contributed by atoms with van der Waals surface area (Å²) in [6, 6.07) is 7.99. The first-order chi connectivity index (χ1) is 11.0. The summed E-state index contributed by atoms with van der Waals surface area (Å²) in [5.41, 5.74) is 2.46.